The lowest BCUT2D eigenvalue weighted by molar-refractivity contribution is 0.413. The first-order chi connectivity index (χ1) is 9.24. The molecule has 0 amide bonds. The van der Waals surface area contributed by atoms with Crippen molar-refractivity contribution in [2.75, 3.05) is 12.4 Å². The van der Waals surface area contributed by atoms with Gasteiger partial charge in [0.15, 0.2) is 0 Å². The van der Waals surface area contributed by atoms with Crippen molar-refractivity contribution in [3.8, 4) is 11.8 Å². The molecule has 0 saturated carbocycles. The maximum atomic E-state index is 9.05. The van der Waals surface area contributed by atoms with Crippen molar-refractivity contribution in [1.29, 1.82) is 5.26 Å². The Bertz CT molecular complexity index is 614. The molecule has 1 N–H and O–H groups in total. The Balaban J connectivity index is 2.13. The maximum Gasteiger partial charge on any atom is 0.136 e. The van der Waals surface area contributed by atoms with Crippen LogP contribution in [-0.4, -0.2) is 7.11 Å². The first kappa shape index (κ1) is 13.0. The Kier molecular flexibility index (Phi) is 4.04. The monoisotopic (exact) mass is 252 g/mol. The van der Waals surface area contributed by atoms with Gasteiger partial charge in [0.05, 0.1) is 12.7 Å². The van der Waals surface area contributed by atoms with Crippen LogP contribution in [0.15, 0.2) is 42.5 Å². The van der Waals surface area contributed by atoms with E-state index in [4.69, 9.17) is 10.00 Å². The number of nitrogens with one attached hydrogen (secondary N) is 1. The van der Waals surface area contributed by atoms with E-state index >= 15 is 0 Å². The van der Waals surface area contributed by atoms with Crippen LogP contribution in [0.4, 0.5) is 5.69 Å². The van der Waals surface area contributed by atoms with Crippen LogP contribution in [0.3, 0.4) is 0 Å². The van der Waals surface area contributed by atoms with Crippen LogP contribution in [0.2, 0.25) is 0 Å². The third-order valence-electron chi connectivity index (χ3n) is 3.01. The first-order valence-corrected chi connectivity index (χ1v) is 6.11. The molecule has 2 aromatic rings. The Morgan fingerprint density at radius 2 is 2.00 bits per heavy atom. The topological polar surface area (TPSA) is 45.0 Å². The lowest BCUT2D eigenvalue weighted by Gasteiger charge is -2.10. The molecule has 3 heteroatoms. The normalized spacial score (nSPS) is 9.74. The van der Waals surface area contributed by atoms with Crippen LogP contribution in [0.25, 0.3) is 0 Å². The van der Waals surface area contributed by atoms with Crippen molar-refractivity contribution in [3.05, 3.63) is 59.2 Å². The van der Waals surface area contributed by atoms with E-state index < -0.39 is 0 Å². The van der Waals surface area contributed by atoms with Gasteiger partial charge < -0.3 is 10.1 Å². The number of ether oxygens (including phenoxy) is 1. The summed E-state index contributed by atoms with van der Waals surface area (Å²) in [7, 11) is 1.57. The summed E-state index contributed by atoms with van der Waals surface area (Å²) in [5.41, 5.74) is 3.93. The Hall–Kier alpha value is -2.47. The maximum absolute atomic E-state index is 9.05. The predicted molar refractivity (Wildman–Crippen MR) is 76.2 cm³/mol. The quantitative estimate of drug-likeness (QED) is 0.906. The molecule has 0 radical (unpaired) electrons. The summed E-state index contributed by atoms with van der Waals surface area (Å²) in [5, 5.41) is 12.4. The van der Waals surface area contributed by atoms with E-state index in [-0.39, 0.29) is 0 Å². The number of aryl methyl sites for hydroxylation is 1. The zero-order valence-corrected chi connectivity index (χ0v) is 11.1. The minimum atomic E-state index is 0.562. The molecule has 0 atom stereocenters. The van der Waals surface area contributed by atoms with Gasteiger partial charge >= 0.3 is 0 Å². The van der Waals surface area contributed by atoms with Crippen LogP contribution in [0.5, 0.6) is 5.75 Å². The summed E-state index contributed by atoms with van der Waals surface area (Å²) in [5.74, 6) is 0.613. The number of methoxy groups -OCH3 is 1. The number of nitrogens with zero attached hydrogens (tertiary/aromatic N) is 1. The minimum absolute atomic E-state index is 0.562. The van der Waals surface area contributed by atoms with E-state index in [1.165, 1.54) is 5.56 Å². The zero-order chi connectivity index (χ0) is 13.7. The lowest BCUT2D eigenvalue weighted by atomic mass is 10.1. The van der Waals surface area contributed by atoms with E-state index in [2.05, 4.69) is 24.4 Å². The van der Waals surface area contributed by atoms with Gasteiger partial charge in [0, 0.05) is 12.2 Å². The van der Waals surface area contributed by atoms with Crippen molar-refractivity contribution < 1.29 is 4.74 Å². The van der Waals surface area contributed by atoms with Crippen LogP contribution in [-0.2, 0) is 6.54 Å². The average molecular weight is 252 g/mol. The molecule has 0 aliphatic carbocycles. The number of rotatable bonds is 4. The molecule has 96 valence electrons. The number of anilines is 1. The van der Waals surface area contributed by atoms with Crippen molar-refractivity contribution in [1.82, 2.24) is 0 Å². The molecule has 0 aromatic heterocycles. The van der Waals surface area contributed by atoms with E-state index in [1.807, 2.05) is 36.4 Å². The Labute approximate surface area is 113 Å². The van der Waals surface area contributed by atoms with Crippen LogP contribution in [0.1, 0.15) is 16.7 Å². The molecule has 3 nitrogen and oxygen atoms in total. The third kappa shape index (κ3) is 3.05. The molecular formula is C16H16N2O. The molecular weight excluding hydrogens is 236 g/mol. The zero-order valence-electron chi connectivity index (χ0n) is 11.1. The molecule has 0 bridgehead atoms. The standard InChI is InChI=1S/C16H16N2O/c1-12-5-3-4-6-15(12)18-11-13-7-8-16(19-2)14(9-13)10-17/h3-9,18H,11H2,1-2H3. The van der Waals surface area contributed by atoms with Gasteiger partial charge in [-0.3, -0.25) is 0 Å². The van der Waals surface area contributed by atoms with Gasteiger partial charge in [-0.2, -0.15) is 5.26 Å². The number of hydrogen-bond acceptors (Lipinski definition) is 3. The molecule has 0 unspecified atom stereocenters. The number of benzene rings is 2. The highest BCUT2D eigenvalue weighted by atomic mass is 16.5. The fourth-order valence-corrected chi connectivity index (χ4v) is 1.92. The smallest absolute Gasteiger partial charge is 0.136 e. The first-order valence-electron chi connectivity index (χ1n) is 6.11. The van der Waals surface area contributed by atoms with Crippen LogP contribution < -0.4 is 10.1 Å². The van der Waals surface area contributed by atoms with Gasteiger partial charge in [0.1, 0.15) is 11.8 Å². The molecule has 2 aromatic carbocycles. The summed E-state index contributed by atoms with van der Waals surface area (Å²) in [6.07, 6.45) is 0. The second-order valence-electron chi connectivity index (χ2n) is 4.31. The minimum Gasteiger partial charge on any atom is -0.495 e. The highest BCUT2D eigenvalue weighted by Gasteiger charge is 2.04. The van der Waals surface area contributed by atoms with Crippen molar-refractivity contribution >= 4 is 5.69 Å². The Morgan fingerprint density at radius 1 is 1.21 bits per heavy atom. The van der Waals surface area contributed by atoms with Crippen molar-refractivity contribution in [2.24, 2.45) is 0 Å². The van der Waals surface area contributed by atoms with Gasteiger partial charge in [-0.15, -0.1) is 0 Å². The molecule has 0 heterocycles. The molecule has 0 aliphatic heterocycles. The second-order valence-corrected chi connectivity index (χ2v) is 4.31. The van der Waals surface area contributed by atoms with Crippen LogP contribution in [0, 0.1) is 18.3 Å². The number of para-hydroxylation sites is 1. The van der Waals surface area contributed by atoms with Crippen LogP contribution >= 0.6 is 0 Å². The predicted octanol–water partition coefficient (Wildman–Crippen LogP) is 3.49. The number of nitriles is 1. The summed E-state index contributed by atoms with van der Waals surface area (Å²) >= 11 is 0. The highest BCUT2D eigenvalue weighted by molar-refractivity contribution is 5.51. The molecule has 0 fully saturated rings. The highest BCUT2D eigenvalue weighted by Crippen LogP contribution is 2.20. The van der Waals surface area contributed by atoms with E-state index in [0.29, 0.717) is 17.9 Å². The second kappa shape index (κ2) is 5.92. The van der Waals surface area contributed by atoms with E-state index in [1.54, 1.807) is 7.11 Å². The van der Waals surface area contributed by atoms with E-state index in [0.717, 1.165) is 11.3 Å². The summed E-state index contributed by atoms with van der Waals surface area (Å²) in [6.45, 7) is 2.75. The van der Waals surface area contributed by atoms with Crippen molar-refractivity contribution in [3.63, 3.8) is 0 Å². The van der Waals surface area contributed by atoms with Gasteiger partial charge in [-0.1, -0.05) is 24.3 Å². The van der Waals surface area contributed by atoms with Gasteiger partial charge in [0.25, 0.3) is 0 Å². The fourth-order valence-electron chi connectivity index (χ4n) is 1.92. The van der Waals surface area contributed by atoms with Crippen molar-refractivity contribution in [2.45, 2.75) is 13.5 Å². The number of hydrogen-bond donors (Lipinski definition) is 1. The van der Waals surface area contributed by atoms with Gasteiger partial charge in [-0.25, -0.2) is 0 Å². The molecule has 0 aliphatic rings. The largest absolute Gasteiger partial charge is 0.495 e. The average Bonchev–Trinajstić information content (AvgIpc) is 2.46. The van der Waals surface area contributed by atoms with E-state index in [9.17, 15) is 0 Å². The molecule has 0 saturated heterocycles. The van der Waals surface area contributed by atoms with Gasteiger partial charge in [-0.05, 0) is 36.2 Å². The third-order valence-corrected chi connectivity index (χ3v) is 3.01. The Morgan fingerprint density at radius 3 is 2.68 bits per heavy atom. The summed E-state index contributed by atoms with van der Waals surface area (Å²) in [6, 6.07) is 15.9. The molecule has 19 heavy (non-hydrogen) atoms. The lowest BCUT2D eigenvalue weighted by Crippen LogP contribution is -2.01. The molecule has 2 rings (SSSR count). The fraction of sp³-hybridized carbons (Fsp3) is 0.188. The SMILES string of the molecule is COc1ccc(CNc2ccccc2C)cc1C#N. The van der Waals surface area contributed by atoms with Gasteiger partial charge in [0.2, 0.25) is 0 Å². The summed E-state index contributed by atoms with van der Waals surface area (Å²) < 4.78 is 5.13. The molecule has 0 spiro atoms. The summed E-state index contributed by atoms with van der Waals surface area (Å²) in [4.78, 5) is 0.